The lowest BCUT2D eigenvalue weighted by Crippen LogP contribution is -2.40. The van der Waals surface area contributed by atoms with Gasteiger partial charge in [-0.05, 0) is 18.4 Å². The Bertz CT molecular complexity index is 472. The highest BCUT2D eigenvalue weighted by molar-refractivity contribution is 5.84. The minimum Gasteiger partial charge on any atom is -0.481 e. The van der Waals surface area contributed by atoms with Gasteiger partial charge in [0.15, 0.2) is 0 Å². The summed E-state index contributed by atoms with van der Waals surface area (Å²) in [6, 6.07) is 9.76. The second-order valence-corrected chi connectivity index (χ2v) is 5.52. The van der Waals surface area contributed by atoms with Crippen LogP contribution in [0.3, 0.4) is 0 Å². The van der Waals surface area contributed by atoms with Crippen molar-refractivity contribution in [1.29, 1.82) is 0 Å². The molecule has 0 unspecified atom stereocenters. The summed E-state index contributed by atoms with van der Waals surface area (Å²) < 4.78 is 0. The number of hydrogen-bond donors (Lipinski definition) is 1. The first-order valence-electron chi connectivity index (χ1n) is 7.11. The molecule has 108 valence electrons. The second-order valence-electron chi connectivity index (χ2n) is 5.52. The Labute approximate surface area is 119 Å². The number of carbonyl (C=O) groups excluding carboxylic acids is 1. The molecule has 0 heterocycles. The molecule has 1 aromatic carbocycles. The van der Waals surface area contributed by atoms with Crippen LogP contribution in [-0.4, -0.2) is 28.9 Å². The summed E-state index contributed by atoms with van der Waals surface area (Å²) in [5.74, 6) is -1.76. The Hall–Kier alpha value is -1.84. The fourth-order valence-electron chi connectivity index (χ4n) is 2.94. The third-order valence-electron chi connectivity index (χ3n) is 4.04. The van der Waals surface area contributed by atoms with E-state index in [9.17, 15) is 14.7 Å². The summed E-state index contributed by atoms with van der Waals surface area (Å²) in [6.45, 7) is 0.530. The SMILES string of the molecule is CN(Cc1ccccc1)C(=O)[C@H]1CCCC[C@H]1C(=O)O. The minimum absolute atomic E-state index is 0.0408. The van der Waals surface area contributed by atoms with Crippen molar-refractivity contribution in [2.75, 3.05) is 7.05 Å². The molecule has 20 heavy (non-hydrogen) atoms. The fourth-order valence-corrected chi connectivity index (χ4v) is 2.94. The zero-order chi connectivity index (χ0) is 14.5. The van der Waals surface area contributed by atoms with E-state index >= 15 is 0 Å². The summed E-state index contributed by atoms with van der Waals surface area (Å²) in [4.78, 5) is 25.4. The van der Waals surface area contributed by atoms with Gasteiger partial charge in [0.05, 0.1) is 11.8 Å². The molecule has 0 bridgehead atoms. The molecule has 1 aliphatic rings. The zero-order valence-electron chi connectivity index (χ0n) is 11.8. The number of benzene rings is 1. The van der Waals surface area contributed by atoms with Crippen LogP contribution >= 0.6 is 0 Å². The van der Waals surface area contributed by atoms with Gasteiger partial charge in [0.1, 0.15) is 0 Å². The summed E-state index contributed by atoms with van der Waals surface area (Å²) in [5.41, 5.74) is 1.06. The van der Waals surface area contributed by atoms with Crippen molar-refractivity contribution in [3.8, 4) is 0 Å². The summed E-state index contributed by atoms with van der Waals surface area (Å²) in [7, 11) is 1.75. The lowest BCUT2D eigenvalue weighted by molar-refractivity contribution is -0.152. The van der Waals surface area contributed by atoms with Crippen LogP contribution in [0.4, 0.5) is 0 Å². The molecular formula is C16H21NO3. The standard InChI is InChI=1S/C16H21NO3/c1-17(11-12-7-3-2-4-8-12)15(18)13-9-5-6-10-14(13)16(19)20/h2-4,7-8,13-14H,5-6,9-11H2,1H3,(H,19,20)/t13-,14+/m0/s1. The maximum Gasteiger partial charge on any atom is 0.307 e. The van der Waals surface area contributed by atoms with Crippen LogP contribution < -0.4 is 0 Å². The van der Waals surface area contributed by atoms with Crippen molar-refractivity contribution in [3.05, 3.63) is 35.9 Å². The van der Waals surface area contributed by atoms with Gasteiger partial charge < -0.3 is 10.0 Å². The molecule has 0 aromatic heterocycles. The van der Waals surface area contributed by atoms with Gasteiger partial charge in [-0.2, -0.15) is 0 Å². The van der Waals surface area contributed by atoms with Gasteiger partial charge in [0.25, 0.3) is 0 Å². The Kier molecular flexibility index (Phi) is 4.77. The number of carbonyl (C=O) groups is 2. The molecule has 0 radical (unpaired) electrons. The number of carboxylic acid groups (broad SMARTS) is 1. The quantitative estimate of drug-likeness (QED) is 0.918. The van der Waals surface area contributed by atoms with Crippen LogP contribution in [0, 0.1) is 11.8 Å². The molecule has 1 saturated carbocycles. The summed E-state index contributed by atoms with van der Waals surface area (Å²) in [6.07, 6.45) is 3.16. The molecule has 2 atom stereocenters. The predicted molar refractivity (Wildman–Crippen MR) is 76.0 cm³/mol. The van der Waals surface area contributed by atoms with E-state index < -0.39 is 11.9 Å². The highest BCUT2D eigenvalue weighted by atomic mass is 16.4. The molecule has 0 aliphatic heterocycles. The average Bonchev–Trinajstić information content (AvgIpc) is 2.47. The Morgan fingerprint density at radius 3 is 2.35 bits per heavy atom. The Balaban J connectivity index is 2.03. The molecule has 4 nitrogen and oxygen atoms in total. The molecule has 1 aromatic rings. The number of rotatable bonds is 4. The van der Waals surface area contributed by atoms with Crippen molar-refractivity contribution >= 4 is 11.9 Å². The largest absolute Gasteiger partial charge is 0.481 e. The maximum atomic E-state index is 12.5. The van der Waals surface area contributed by atoms with Crippen molar-refractivity contribution in [2.24, 2.45) is 11.8 Å². The number of nitrogens with zero attached hydrogens (tertiary/aromatic N) is 1. The smallest absolute Gasteiger partial charge is 0.307 e. The first-order valence-corrected chi connectivity index (χ1v) is 7.11. The molecule has 0 saturated heterocycles. The number of amides is 1. The second kappa shape index (κ2) is 6.55. The van der Waals surface area contributed by atoms with E-state index in [-0.39, 0.29) is 11.8 Å². The van der Waals surface area contributed by atoms with E-state index in [1.54, 1.807) is 11.9 Å². The third kappa shape index (κ3) is 3.38. The van der Waals surface area contributed by atoms with Gasteiger partial charge in [-0.15, -0.1) is 0 Å². The van der Waals surface area contributed by atoms with Crippen LogP contribution in [0.1, 0.15) is 31.2 Å². The molecule has 0 spiro atoms. The molecule has 1 N–H and O–H groups in total. The van der Waals surface area contributed by atoms with E-state index in [0.29, 0.717) is 19.4 Å². The van der Waals surface area contributed by atoms with Crippen LogP contribution in [0.2, 0.25) is 0 Å². The fraction of sp³-hybridized carbons (Fsp3) is 0.500. The average molecular weight is 275 g/mol. The van der Waals surface area contributed by atoms with Crippen molar-refractivity contribution in [3.63, 3.8) is 0 Å². The normalized spacial score (nSPS) is 22.2. The number of aliphatic carboxylic acids is 1. The third-order valence-corrected chi connectivity index (χ3v) is 4.04. The lowest BCUT2D eigenvalue weighted by atomic mass is 9.78. The Morgan fingerprint density at radius 2 is 1.75 bits per heavy atom. The van der Waals surface area contributed by atoms with E-state index in [4.69, 9.17) is 0 Å². The Morgan fingerprint density at radius 1 is 1.15 bits per heavy atom. The molecule has 1 amide bonds. The van der Waals surface area contributed by atoms with Crippen molar-refractivity contribution in [1.82, 2.24) is 4.90 Å². The zero-order valence-corrected chi connectivity index (χ0v) is 11.8. The predicted octanol–water partition coefficient (Wildman–Crippen LogP) is 2.54. The molecular weight excluding hydrogens is 254 g/mol. The number of hydrogen-bond acceptors (Lipinski definition) is 2. The van der Waals surface area contributed by atoms with Gasteiger partial charge in [0, 0.05) is 13.6 Å². The highest BCUT2D eigenvalue weighted by Gasteiger charge is 2.36. The topological polar surface area (TPSA) is 57.6 Å². The highest BCUT2D eigenvalue weighted by Crippen LogP contribution is 2.31. The van der Waals surface area contributed by atoms with Gasteiger partial charge in [-0.1, -0.05) is 43.2 Å². The van der Waals surface area contributed by atoms with Crippen LogP contribution in [0.25, 0.3) is 0 Å². The monoisotopic (exact) mass is 275 g/mol. The van der Waals surface area contributed by atoms with Crippen LogP contribution in [0.5, 0.6) is 0 Å². The number of carboxylic acids is 1. The van der Waals surface area contributed by atoms with E-state index in [0.717, 1.165) is 18.4 Å². The van der Waals surface area contributed by atoms with E-state index in [2.05, 4.69) is 0 Å². The summed E-state index contributed by atoms with van der Waals surface area (Å²) >= 11 is 0. The van der Waals surface area contributed by atoms with E-state index in [1.807, 2.05) is 30.3 Å². The van der Waals surface area contributed by atoms with Gasteiger partial charge >= 0.3 is 5.97 Å². The molecule has 1 aliphatic carbocycles. The van der Waals surface area contributed by atoms with Crippen molar-refractivity contribution in [2.45, 2.75) is 32.2 Å². The van der Waals surface area contributed by atoms with Gasteiger partial charge in [-0.3, -0.25) is 9.59 Å². The first-order chi connectivity index (χ1) is 9.59. The molecule has 2 rings (SSSR count). The van der Waals surface area contributed by atoms with Crippen molar-refractivity contribution < 1.29 is 14.7 Å². The summed E-state index contributed by atoms with van der Waals surface area (Å²) in [5, 5.41) is 9.26. The maximum absolute atomic E-state index is 12.5. The van der Waals surface area contributed by atoms with E-state index in [1.165, 1.54) is 0 Å². The lowest BCUT2D eigenvalue weighted by Gasteiger charge is -2.31. The van der Waals surface area contributed by atoms with Crippen LogP contribution in [-0.2, 0) is 16.1 Å². The molecule has 4 heteroatoms. The van der Waals surface area contributed by atoms with Gasteiger partial charge in [0.2, 0.25) is 5.91 Å². The van der Waals surface area contributed by atoms with Gasteiger partial charge in [-0.25, -0.2) is 0 Å². The minimum atomic E-state index is -0.837. The van der Waals surface area contributed by atoms with Crippen LogP contribution in [0.15, 0.2) is 30.3 Å². The molecule has 1 fully saturated rings. The first kappa shape index (κ1) is 14.6.